The molecule has 1 fully saturated rings. The number of aryl methyl sites for hydroxylation is 1. The lowest BCUT2D eigenvalue weighted by atomic mass is 9.90. The second-order valence-corrected chi connectivity index (χ2v) is 4.04. The SMILES string of the molecule is Cn1ncc([C@H]2CNC(=O)C2C(=O)O)c1Cl. The van der Waals surface area contributed by atoms with Gasteiger partial charge in [-0.3, -0.25) is 14.3 Å². The van der Waals surface area contributed by atoms with Crippen molar-refractivity contribution in [2.45, 2.75) is 5.92 Å². The van der Waals surface area contributed by atoms with E-state index in [-0.39, 0.29) is 6.54 Å². The van der Waals surface area contributed by atoms with Crippen molar-refractivity contribution in [1.29, 1.82) is 0 Å². The molecule has 2 rings (SSSR count). The van der Waals surface area contributed by atoms with Crippen molar-refractivity contribution in [3.8, 4) is 0 Å². The van der Waals surface area contributed by atoms with Crippen LogP contribution >= 0.6 is 11.6 Å². The topological polar surface area (TPSA) is 84.2 Å². The van der Waals surface area contributed by atoms with Crippen LogP contribution in [-0.2, 0) is 16.6 Å². The summed E-state index contributed by atoms with van der Waals surface area (Å²) in [5.74, 6) is -3.15. The molecule has 0 aromatic carbocycles. The maximum Gasteiger partial charge on any atom is 0.316 e. The van der Waals surface area contributed by atoms with Crippen molar-refractivity contribution >= 4 is 23.5 Å². The van der Waals surface area contributed by atoms with Crippen LogP contribution in [0.1, 0.15) is 11.5 Å². The number of aromatic nitrogens is 2. The van der Waals surface area contributed by atoms with Crippen molar-refractivity contribution in [1.82, 2.24) is 15.1 Å². The number of halogens is 1. The summed E-state index contributed by atoms with van der Waals surface area (Å²) in [5.41, 5.74) is 0.593. The first-order valence-electron chi connectivity index (χ1n) is 4.70. The number of carboxylic acid groups (broad SMARTS) is 1. The number of hydrogen-bond acceptors (Lipinski definition) is 3. The molecule has 1 aromatic heterocycles. The van der Waals surface area contributed by atoms with Crippen LogP contribution in [0.5, 0.6) is 0 Å². The fourth-order valence-electron chi connectivity index (χ4n) is 1.88. The van der Waals surface area contributed by atoms with Gasteiger partial charge in [0.15, 0.2) is 0 Å². The maximum absolute atomic E-state index is 11.4. The first kappa shape index (κ1) is 10.9. The van der Waals surface area contributed by atoms with Gasteiger partial charge in [-0.2, -0.15) is 5.10 Å². The van der Waals surface area contributed by atoms with E-state index in [1.165, 1.54) is 10.9 Å². The third kappa shape index (κ3) is 1.55. The summed E-state index contributed by atoms with van der Waals surface area (Å²) < 4.78 is 1.44. The van der Waals surface area contributed by atoms with Crippen molar-refractivity contribution < 1.29 is 14.7 Å². The number of nitrogens with one attached hydrogen (secondary N) is 1. The number of hydrogen-bond donors (Lipinski definition) is 2. The van der Waals surface area contributed by atoms with Crippen molar-refractivity contribution in [3.05, 3.63) is 16.9 Å². The van der Waals surface area contributed by atoms with E-state index in [2.05, 4.69) is 10.4 Å². The molecule has 1 unspecified atom stereocenters. The summed E-state index contributed by atoms with van der Waals surface area (Å²) in [4.78, 5) is 22.3. The predicted octanol–water partition coefficient (Wildman–Crippen LogP) is -0.0123. The summed E-state index contributed by atoms with van der Waals surface area (Å²) >= 11 is 5.97. The van der Waals surface area contributed by atoms with Gasteiger partial charge < -0.3 is 10.4 Å². The minimum Gasteiger partial charge on any atom is -0.481 e. The number of carbonyl (C=O) groups is 2. The van der Waals surface area contributed by atoms with E-state index in [1.807, 2.05) is 0 Å². The molecule has 1 aromatic rings. The molecule has 1 saturated heterocycles. The minimum absolute atomic E-state index is 0.279. The van der Waals surface area contributed by atoms with Gasteiger partial charge in [-0.15, -0.1) is 0 Å². The predicted molar refractivity (Wildman–Crippen MR) is 55.1 cm³/mol. The molecular weight excluding hydrogens is 234 g/mol. The third-order valence-electron chi connectivity index (χ3n) is 2.74. The van der Waals surface area contributed by atoms with Crippen molar-refractivity contribution in [2.75, 3.05) is 6.54 Å². The van der Waals surface area contributed by atoms with Gasteiger partial charge in [0.25, 0.3) is 0 Å². The summed E-state index contributed by atoms with van der Waals surface area (Å²) in [6.45, 7) is 0.279. The number of carbonyl (C=O) groups excluding carboxylic acids is 1. The average molecular weight is 244 g/mol. The molecule has 1 aliphatic rings. The highest BCUT2D eigenvalue weighted by atomic mass is 35.5. The lowest BCUT2D eigenvalue weighted by Gasteiger charge is -2.11. The molecule has 0 bridgehead atoms. The van der Waals surface area contributed by atoms with Crippen LogP contribution in [0.25, 0.3) is 0 Å². The molecule has 6 nitrogen and oxygen atoms in total. The van der Waals surface area contributed by atoms with Crippen molar-refractivity contribution in [2.24, 2.45) is 13.0 Å². The highest BCUT2D eigenvalue weighted by Gasteiger charge is 2.42. The van der Waals surface area contributed by atoms with Gasteiger partial charge in [-0.25, -0.2) is 0 Å². The van der Waals surface area contributed by atoms with Gasteiger partial charge >= 0.3 is 5.97 Å². The van der Waals surface area contributed by atoms with Crippen LogP contribution in [0, 0.1) is 5.92 Å². The molecule has 7 heteroatoms. The Hall–Kier alpha value is -1.56. The van der Waals surface area contributed by atoms with Crippen LogP contribution in [0.2, 0.25) is 5.15 Å². The minimum atomic E-state index is -1.14. The quantitative estimate of drug-likeness (QED) is 0.716. The third-order valence-corrected chi connectivity index (χ3v) is 3.20. The average Bonchev–Trinajstić information content (AvgIpc) is 2.72. The van der Waals surface area contributed by atoms with E-state index < -0.39 is 23.7 Å². The molecule has 1 amide bonds. The molecule has 0 saturated carbocycles. The highest BCUT2D eigenvalue weighted by Crippen LogP contribution is 2.33. The van der Waals surface area contributed by atoms with Gasteiger partial charge in [0.2, 0.25) is 5.91 Å². The Morgan fingerprint density at radius 3 is 2.94 bits per heavy atom. The molecule has 2 N–H and O–H groups in total. The molecule has 0 radical (unpaired) electrons. The summed E-state index contributed by atoms with van der Waals surface area (Å²) in [5, 5.41) is 15.8. The van der Waals surface area contributed by atoms with E-state index in [1.54, 1.807) is 7.05 Å². The summed E-state index contributed by atoms with van der Waals surface area (Å²) in [7, 11) is 1.66. The maximum atomic E-state index is 11.4. The Balaban J connectivity index is 2.37. The van der Waals surface area contributed by atoms with Crippen LogP contribution < -0.4 is 5.32 Å². The Labute approximate surface area is 96.2 Å². The number of carboxylic acids is 1. The van der Waals surface area contributed by atoms with E-state index in [9.17, 15) is 9.59 Å². The van der Waals surface area contributed by atoms with Gasteiger partial charge in [-0.1, -0.05) is 11.6 Å². The molecule has 16 heavy (non-hydrogen) atoms. The van der Waals surface area contributed by atoms with Crippen LogP contribution in [-0.4, -0.2) is 33.3 Å². The van der Waals surface area contributed by atoms with E-state index in [0.717, 1.165) is 0 Å². The Kier molecular flexibility index (Phi) is 2.59. The summed E-state index contributed by atoms with van der Waals surface area (Å²) in [6, 6.07) is 0. The first-order chi connectivity index (χ1) is 7.52. The van der Waals surface area contributed by atoms with Gasteiger partial charge in [0.05, 0.1) is 6.20 Å². The molecule has 86 valence electrons. The van der Waals surface area contributed by atoms with E-state index >= 15 is 0 Å². The summed E-state index contributed by atoms with van der Waals surface area (Å²) in [6.07, 6.45) is 1.50. The lowest BCUT2D eigenvalue weighted by Crippen LogP contribution is -2.26. The van der Waals surface area contributed by atoms with Crippen LogP contribution in [0.3, 0.4) is 0 Å². The zero-order chi connectivity index (χ0) is 11.9. The monoisotopic (exact) mass is 243 g/mol. The zero-order valence-electron chi connectivity index (χ0n) is 8.48. The molecule has 2 atom stereocenters. The number of aliphatic carboxylic acids is 1. The fourth-order valence-corrected chi connectivity index (χ4v) is 2.12. The Bertz CT molecular complexity index is 457. The van der Waals surface area contributed by atoms with Gasteiger partial charge in [0.1, 0.15) is 11.1 Å². The molecule has 0 aliphatic carbocycles. The standard InChI is InChI=1S/C9H10ClN3O3/c1-13-7(10)5(3-12-13)4-2-11-8(14)6(4)9(15)16/h3-4,6H,2H2,1H3,(H,11,14)(H,15,16)/t4-,6?/m1/s1. The normalized spacial score (nSPS) is 24.5. The number of amides is 1. The number of rotatable bonds is 2. The first-order valence-corrected chi connectivity index (χ1v) is 5.08. The second kappa shape index (κ2) is 3.79. The van der Waals surface area contributed by atoms with Gasteiger partial charge in [-0.05, 0) is 0 Å². The van der Waals surface area contributed by atoms with E-state index in [4.69, 9.17) is 16.7 Å². The second-order valence-electron chi connectivity index (χ2n) is 3.68. The van der Waals surface area contributed by atoms with Gasteiger partial charge in [0, 0.05) is 25.1 Å². The molecule has 2 heterocycles. The highest BCUT2D eigenvalue weighted by molar-refractivity contribution is 6.30. The van der Waals surface area contributed by atoms with Crippen LogP contribution in [0.15, 0.2) is 6.20 Å². The molecule has 0 spiro atoms. The molecule has 1 aliphatic heterocycles. The Morgan fingerprint density at radius 2 is 2.44 bits per heavy atom. The largest absolute Gasteiger partial charge is 0.481 e. The van der Waals surface area contributed by atoms with Crippen LogP contribution in [0.4, 0.5) is 0 Å². The number of nitrogens with zero attached hydrogens (tertiary/aromatic N) is 2. The smallest absolute Gasteiger partial charge is 0.316 e. The Morgan fingerprint density at radius 1 is 1.75 bits per heavy atom. The zero-order valence-corrected chi connectivity index (χ0v) is 9.23. The molecular formula is C9H10ClN3O3. The lowest BCUT2D eigenvalue weighted by molar-refractivity contribution is -0.145. The fraction of sp³-hybridized carbons (Fsp3) is 0.444. The van der Waals surface area contributed by atoms with Crippen molar-refractivity contribution in [3.63, 3.8) is 0 Å². The van der Waals surface area contributed by atoms with E-state index in [0.29, 0.717) is 10.7 Å².